The van der Waals surface area contributed by atoms with E-state index in [4.69, 9.17) is 0 Å². The normalized spacial score (nSPS) is 10.5. The Labute approximate surface area is 92.0 Å². The van der Waals surface area contributed by atoms with Crippen LogP contribution in [0.5, 0.6) is 0 Å². The van der Waals surface area contributed by atoms with Crippen molar-refractivity contribution in [2.75, 3.05) is 0 Å². The van der Waals surface area contributed by atoms with Gasteiger partial charge in [0, 0.05) is 11.6 Å². The lowest BCUT2D eigenvalue weighted by Crippen LogP contribution is -1.91. The van der Waals surface area contributed by atoms with Crippen molar-refractivity contribution >= 4 is 10.9 Å². The van der Waals surface area contributed by atoms with Gasteiger partial charge in [0.1, 0.15) is 17.7 Å². The summed E-state index contributed by atoms with van der Waals surface area (Å²) in [6.45, 7) is 0. The summed E-state index contributed by atoms with van der Waals surface area (Å²) in [5, 5.41) is 8.91. The molecule has 0 spiro atoms. The van der Waals surface area contributed by atoms with Gasteiger partial charge in [0.15, 0.2) is 0 Å². The quantitative estimate of drug-likeness (QED) is 0.614. The Bertz CT molecular complexity index is 617. The van der Waals surface area contributed by atoms with Gasteiger partial charge >= 0.3 is 0 Å². The van der Waals surface area contributed by atoms with Crippen molar-refractivity contribution < 1.29 is 0 Å². The number of aromatic nitrogens is 4. The Morgan fingerprint density at radius 1 is 0.875 bits per heavy atom. The van der Waals surface area contributed by atoms with E-state index >= 15 is 0 Å². The van der Waals surface area contributed by atoms with E-state index in [2.05, 4.69) is 20.2 Å². The van der Waals surface area contributed by atoms with Crippen LogP contribution in [0.2, 0.25) is 0 Å². The Morgan fingerprint density at radius 2 is 1.81 bits per heavy atom. The third-order valence-corrected chi connectivity index (χ3v) is 2.36. The first-order valence-electron chi connectivity index (χ1n) is 4.93. The van der Waals surface area contributed by atoms with Gasteiger partial charge in [-0.25, -0.2) is 9.97 Å². The van der Waals surface area contributed by atoms with Gasteiger partial charge < -0.3 is 0 Å². The minimum atomic E-state index is 0.765. The molecular formula is C12H8N4. The van der Waals surface area contributed by atoms with Crippen LogP contribution in [0.25, 0.3) is 22.3 Å². The van der Waals surface area contributed by atoms with Crippen LogP contribution in [0.3, 0.4) is 0 Å². The maximum Gasteiger partial charge on any atom is 0.116 e. The largest absolute Gasteiger partial charge is 0.236 e. The van der Waals surface area contributed by atoms with Gasteiger partial charge in [-0.15, -0.1) is 5.10 Å². The first kappa shape index (κ1) is 8.91. The zero-order valence-electron chi connectivity index (χ0n) is 8.41. The molecule has 0 unspecified atom stereocenters. The maximum absolute atomic E-state index is 4.26. The molecule has 1 aromatic carbocycles. The highest BCUT2D eigenvalue weighted by atomic mass is 15.1. The number of hydrogen-bond donors (Lipinski definition) is 0. The fraction of sp³-hybridized carbons (Fsp3) is 0. The number of benzene rings is 1. The summed E-state index contributed by atoms with van der Waals surface area (Å²) in [5.41, 5.74) is 2.50. The maximum atomic E-state index is 4.26. The van der Waals surface area contributed by atoms with Crippen molar-refractivity contribution in [2.24, 2.45) is 0 Å². The van der Waals surface area contributed by atoms with Crippen LogP contribution in [0.4, 0.5) is 0 Å². The van der Waals surface area contributed by atoms with Gasteiger partial charge in [0.25, 0.3) is 0 Å². The number of para-hydroxylation sites is 1. The van der Waals surface area contributed by atoms with Crippen molar-refractivity contribution in [2.45, 2.75) is 0 Å². The molecule has 3 rings (SSSR count). The predicted molar refractivity (Wildman–Crippen MR) is 60.6 cm³/mol. The third kappa shape index (κ3) is 1.40. The monoisotopic (exact) mass is 208 g/mol. The molecule has 76 valence electrons. The highest BCUT2D eigenvalue weighted by molar-refractivity contribution is 5.90. The molecule has 0 fully saturated rings. The highest BCUT2D eigenvalue weighted by Gasteiger charge is 2.06. The standard InChI is InChI=1S/C12H8N4/c1-2-5-10-9(4-1)12(14-8-13-10)11-6-3-7-15-16-11/h1-8H. The van der Waals surface area contributed by atoms with E-state index in [9.17, 15) is 0 Å². The van der Waals surface area contributed by atoms with E-state index in [-0.39, 0.29) is 0 Å². The topological polar surface area (TPSA) is 51.6 Å². The zero-order chi connectivity index (χ0) is 10.8. The molecule has 3 aromatic rings. The molecule has 0 saturated heterocycles. The molecule has 4 nitrogen and oxygen atoms in total. The fourth-order valence-electron chi connectivity index (χ4n) is 1.64. The van der Waals surface area contributed by atoms with E-state index in [0.717, 1.165) is 22.3 Å². The number of fused-ring (bicyclic) bond motifs is 1. The van der Waals surface area contributed by atoms with Crippen LogP contribution >= 0.6 is 0 Å². The summed E-state index contributed by atoms with van der Waals surface area (Å²) in [6, 6.07) is 11.6. The van der Waals surface area contributed by atoms with E-state index in [1.165, 1.54) is 0 Å². The predicted octanol–water partition coefficient (Wildman–Crippen LogP) is 2.09. The van der Waals surface area contributed by atoms with Crippen LogP contribution in [-0.2, 0) is 0 Å². The molecule has 0 amide bonds. The SMILES string of the molecule is c1cnnc(-c2ncnc3ccccc23)c1. The first-order chi connectivity index (χ1) is 7.95. The summed E-state index contributed by atoms with van der Waals surface area (Å²) < 4.78 is 0. The summed E-state index contributed by atoms with van der Waals surface area (Å²) in [7, 11) is 0. The molecule has 2 aromatic heterocycles. The van der Waals surface area contributed by atoms with E-state index in [0.29, 0.717) is 0 Å². The van der Waals surface area contributed by atoms with E-state index in [1.54, 1.807) is 12.5 Å². The average molecular weight is 208 g/mol. The Balaban J connectivity index is 2.32. The second kappa shape index (κ2) is 3.66. The zero-order valence-corrected chi connectivity index (χ0v) is 8.41. The Morgan fingerprint density at radius 3 is 2.69 bits per heavy atom. The molecule has 0 N–H and O–H groups in total. The second-order valence-electron chi connectivity index (χ2n) is 3.35. The summed E-state index contributed by atoms with van der Waals surface area (Å²) >= 11 is 0. The molecule has 0 atom stereocenters. The van der Waals surface area contributed by atoms with Crippen molar-refractivity contribution in [3.63, 3.8) is 0 Å². The van der Waals surface area contributed by atoms with Gasteiger partial charge in [0.05, 0.1) is 5.52 Å². The molecule has 0 saturated carbocycles. The summed E-state index contributed by atoms with van der Waals surface area (Å²) in [5.74, 6) is 0. The molecule has 16 heavy (non-hydrogen) atoms. The molecular weight excluding hydrogens is 200 g/mol. The minimum absolute atomic E-state index is 0.765. The van der Waals surface area contributed by atoms with Gasteiger partial charge in [-0.3, -0.25) is 0 Å². The lowest BCUT2D eigenvalue weighted by atomic mass is 10.1. The second-order valence-corrected chi connectivity index (χ2v) is 3.35. The van der Waals surface area contributed by atoms with Crippen molar-refractivity contribution in [3.05, 3.63) is 48.9 Å². The Hall–Kier alpha value is -2.36. The molecule has 4 heteroatoms. The van der Waals surface area contributed by atoms with Gasteiger partial charge in [-0.2, -0.15) is 5.10 Å². The molecule has 2 heterocycles. The van der Waals surface area contributed by atoms with Gasteiger partial charge in [0.2, 0.25) is 0 Å². The summed E-state index contributed by atoms with van der Waals surface area (Å²) in [6.07, 6.45) is 3.19. The number of nitrogens with zero attached hydrogens (tertiary/aromatic N) is 4. The number of rotatable bonds is 1. The molecule has 0 aliphatic heterocycles. The molecule has 0 aliphatic rings. The molecule has 0 aliphatic carbocycles. The smallest absolute Gasteiger partial charge is 0.116 e. The molecule has 0 bridgehead atoms. The van der Waals surface area contributed by atoms with Crippen molar-refractivity contribution in [1.82, 2.24) is 20.2 Å². The van der Waals surface area contributed by atoms with Crippen LogP contribution in [0.15, 0.2) is 48.9 Å². The van der Waals surface area contributed by atoms with Crippen molar-refractivity contribution in [3.8, 4) is 11.4 Å². The first-order valence-corrected chi connectivity index (χ1v) is 4.93. The number of hydrogen-bond acceptors (Lipinski definition) is 4. The highest BCUT2D eigenvalue weighted by Crippen LogP contribution is 2.22. The van der Waals surface area contributed by atoms with Crippen LogP contribution in [-0.4, -0.2) is 20.2 Å². The minimum Gasteiger partial charge on any atom is -0.236 e. The van der Waals surface area contributed by atoms with Crippen LogP contribution in [0, 0.1) is 0 Å². The molecule has 0 radical (unpaired) electrons. The van der Waals surface area contributed by atoms with E-state index in [1.807, 2.05) is 36.4 Å². The summed E-state index contributed by atoms with van der Waals surface area (Å²) in [4.78, 5) is 8.47. The van der Waals surface area contributed by atoms with Gasteiger partial charge in [-0.1, -0.05) is 18.2 Å². The third-order valence-electron chi connectivity index (χ3n) is 2.36. The van der Waals surface area contributed by atoms with Crippen molar-refractivity contribution in [1.29, 1.82) is 0 Å². The van der Waals surface area contributed by atoms with Crippen LogP contribution in [0.1, 0.15) is 0 Å². The van der Waals surface area contributed by atoms with Crippen LogP contribution < -0.4 is 0 Å². The van der Waals surface area contributed by atoms with Gasteiger partial charge in [-0.05, 0) is 18.2 Å². The van der Waals surface area contributed by atoms with E-state index < -0.39 is 0 Å². The lowest BCUT2D eigenvalue weighted by molar-refractivity contribution is 1.03. The fourth-order valence-corrected chi connectivity index (χ4v) is 1.64. The average Bonchev–Trinajstić information content (AvgIpc) is 2.39. The lowest BCUT2D eigenvalue weighted by Gasteiger charge is -2.02. The Kier molecular flexibility index (Phi) is 2.04.